The zero-order valence-corrected chi connectivity index (χ0v) is 50.2. The first-order valence-electron chi connectivity index (χ1n) is 31.6. The van der Waals surface area contributed by atoms with E-state index in [-0.39, 0.29) is 11.1 Å². The lowest BCUT2D eigenvalue weighted by Crippen LogP contribution is -2.08. The minimum Gasteiger partial charge on any atom is -0.309 e. The van der Waals surface area contributed by atoms with Gasteiger partial charge in [0.2, 0.25) is 0 Å². The Kier molecular flexibility index (Phi) is 10.9. The van der Waals surface area contributed by atoms with Gasteiger partial charge >= 0.3 is 0 Å². The minimum atomic E-state index is -0.748. The van der Waals surface area contributed by atoms with Crippen LogP contribution < -0.4 is 0 Å². The number of aromatic nitrogens is 6. The zero-order chi connectivity index (χ0) is 62.0. The molecular weight excluding hydrogens is 1160 g/mol. The molecule has 9 heteroatoms. The largest absolute Gasteiger partial charge is 0.309 e. The third-order valence-corrected chi connectivity index (χ3v) is 19.7. The first kappa shape index (κ1) is 52.0. The molecule has 0 amide bonds. The average molecular weight is 1210 g/mol. The standard InChI is InChI=1S/C85H49F2N7/c86-68-26-17-27-69(87)84(68)85-82(93-78-46-52(89-70-28-9-1-18-56(70)57-19-2-10-29-71(57)89)36-40-64(78)65-41-37-53(47-79(65)93)90-72-30-11-3-20-58(72)59-21-4-12-31-73(59)90)44-51(50-88)45-83(85)94-80-48-54(91-74-32-13-5-22-60(74)61-23-6-14-33-75(61)91)38-42-66(80)67-43-39-55(49-81(67)94)92-76-34-15-7-24-62(76)63-25-8-16-35-77(63)92/h1-49H. The molecule has 0 unspecified atom stereocenters. The van der Waals surface area contributed by atoms with Crippen molar-refractivity contribution in [3.8, 4) is 51.3 Å². The molecule has 6 heterocycles. The molecular formula is C85H49F2N7. The Morgan fingerprint density at radius 3 is 0.670 bits per heavy atom. The third-order valence-electron chi connectivity index (χ3n) is 19.7. The van der Waals surface area contributed by atoms with E-state index in [4.69, 9.17) is 0 Å². The average Bonchev–Trinajstić information content (AvgIpc) is 1.50. The number of halogens is 2. The van der Waals surface area contributed by atoms with E-state index >= 15 is 8.78 Å². The van der Waals surface area contributed by atoms with Gasteiger partial charge in [0.25, 0.3) is 0 Å². The molecule has 0 atom stereocenters. The Hall–Kier alpha value is -12.8. The van der Waals surface area contributed by atoms with Gasteiger partial charge in [-0.1, -0.05) is 176 Å². The van der Waals surface area contributed by atoms with Gasteiger partial charge in [-0.25, -0.2) is 8.78 Å². The van der Waals surface area contributed by atoms with E-state index in [1.807, 2.05) is 12.1 Å². The number of hydrogen-bond donors (Lipinski definition) is 0. The summed E-state index contributed by atoms with van der Waals surface area (Å²) in [7, 11) is 0. The van der Waals surface area contributed by atoms with Gasteiger partial charge in [0.15, 0.2) is 0 Å². The van der Waals surface area contributed by atoms with Gasteiger partial charge in [-0.05, 0) is 121 Å². The number of benzene rings is 14. The van der Waals surface area contributed by atoms with E-state index in [1.54, 1.807) is 0 Å². The van der Waals surface area contributed by atoms with E-state index in [0.717, 1.165) is 154 Å². The third kappa shape index (κ3) is 7.22. The van der Waals surface area contributed by atoms with E-state index < -0.39 is 11.6 Å². The Balaban J connectivity index is 0.956. The fraction of sp³-hybridized carbons (Fsp3) is 0. The van der Waals surface area contributed by atoms with Crippen molar-refractivity contribution in [3.63, 3.8) is 0 Å². The highest BCUT2D eigenvalue weighted by Crippen LogP contribution is 2.48. The molecule has 0 aliphatic heterocycles. The molecule has 0 saturated heterocycles. The highest BCUT2D eigenvalue weighted by atomic mass is 19.1. The molecule has 0 radical (unpaired) electrons. The maximum Gasteiger partial charge on any atom is 0.134 e. The van der Waals surface area contributed by atoms with Gasteiger partial charge in [-0.15, -0.1) is 0 Å². The molecule has 0 aliphatic rings. The Morgan fingerprint density at radius 1 is 0.213 bits per heavy atom. The normalized spacial score (nSPS) is 12.1. The second kappa shape index (κ2) is 19.6. The minimum absolute atomic E-state index is 0.226. The monoisotopic (exact) mass is 1210 g/mol. The van der Waals surface area contributed by atoms with Gasteiger partial charge < -0.3 is 27.4 Å². The van der Waals surface area contributed by atoms with E-state index in [1.165, 1.54) is 18.2 Å². The number of nitrogens with zero attached hydrogens (tertiary/aromatic N) is 7. The smallest absolute Gasteiger partial charge is 0.134 e. The molecule has 0 aliphatic carbocycles. The van der Waals surface area contributed by atoms with Crippen molar-refractivity contribution in [2.24, 2.45) is 0 Å². The summed E-state index contributed by atoms with van der Waals surface area (Å²) in [6.07, 6.45) is 0. The van der Waals surface area contributed by atoms with Gasteiger partial charge in [-0.3, -0.25) is 0 Å². The van der Waals surface area contributed by atoms with Gasteiger partial charge in [0, 0.05) is 92.9 Å². The predicted octanol–water partition coefficient (Wildman–Crippen LogP) is 22.1. The van der Waals surface area contributed by atoms with Crippen LogP contribution in [0, 0.1) is 23.0 Å². The van der Waals surface area contributed by atoms with Crippen LogP contribution in [0.3, 0.4) is 0 Å². The van der Waals surface area contributed by atoms with Crippen LogP contribution in [-0.2, 0) is 0 Å². The first-order valence-corrected chi connectivity index (χ1v) is 31.6. The Labute approximate surface area is 535 Å². The molecule has 7 nitrogen and oxygen atoms in total. The fourth-order valence-electron chi connectivity index (χ4n) is 15.9. The van der Waals surface area contributed by atoms with Crippen LogP contribution in [0.4, 0.5) is 8.78 Å². The lowest BCUT2D eigenvalue weighted by atomic mass is 9.97. The van der Waals surface area contributed by atoms with E-state index in [0.29, 0.717) is 16.9 Å². The molecule has 0 spiro atoms. The Bertz CT molecular complexity index is 5790. The molecule has 94 heavy (non-hydrogen) atoms. The van der Waals surface area contributed by atoms with Crippen molar-refractivity contribution >= 4 is 131 Å². The zero-order valence-electron chi connectivity index (χ0n) is 50.2. The maximum absolute atomic E-state index is 18.1. The highest BCUT2D eigenvalue weighted by Gasteiger charge is 2.29. The molecule has 14 aromatic carbocycles. The quantitative estimate of drug-likeness (QED) is 0.157. The van der Waals surface area contributed by atoms with Gasteiger partial charge in [0.1, 0.15) is 11.6 Å². The topological polar surface area (TPSA) is 53.4 Å². The fourth-order valence-corrected chi connectivity index (χ4v) is 15.9. The summed E-state index contributed by atoms with van der Waals surface area (Å²) in [5.74, 6) is -1.50. The molecule has 0 N–H and O–H groups in total. The van der Waals surface area contributed by atoms with Crippen LogP contribution in [-0.4, -0.2) is 27.4 Å². The number of rotatable bonds is 7. The van der Waals surface area contributed by atoms with Crippen LogP contribution in [0.25, 0.3) is 176 Å². The van der Waals surface area contributed by atoms with Crippen molar-refractivity contribution < 1.29 is 8.78 Å². The van der Waals surface area contributed by atoms with Crippen molar-refractivity contribution in [3.05, 3.63) is 314 Å². The summed E-state index contributed by atoms with van der Waals surface area (Å²) in [6, 6.07) is 104. The van der Waals surface area contributed by atoms with Crippen LogP contribution in [0.15, 0.2) is 297 Å². The number of para-hydroxylation sites is 8. The summed E-state index contributed by atoms with van der Waals surface area (Å²) < 4.78 is 49.6. The number of fused-ring (bicyclic) bond motifs is 18. The molecule has 0 saturated carbocycles. The molecule has 438 valence electrons. The maximum atomic E-state index is 18.1. The van der Waals surface area contributed by atoms with Gasteiger partial charge in [-0.2, -0.15) is 5.26 Å². The SMILES string of the molecule is N#Cc1cc(-n2c3cc(-n4c5ccccc5c5ccccc54)ccc3c3ccc(-n4c5ccccc5c5ccccc54)cc32)c(-c2c(F)cccc2F)c(-n2c3cc(-n4c5ccccc5c5ccccc54)ccc3c3ccc(-n4c5ccccc5c5ccccc54)cc32)c1. The summed E-state index contributed by atoms with van der Waals surface area (Å²) in [5.41, 5.74) is 16.1. The predicted molar refractivity (Wildman–Crippen MR) is 383 cm³/mol. The van der Waals surface area contributed by atoms with Crippen LogP contribution in [0.2, 0.25) is 0 Å². The van der Waals surface area contributed by atoms with Crippen LogP contribution in [0.5, 0.6) is 0 Å². The molecule has 0 bridgehead atoms. The van der Waals surface area contributed by atoms with Crippen LogP contribution in [0.1, 0.15) is 5.56 Å². The summed E-state index contributed by atoms with van der Waals surface area (Å²) in [4.78, 5) is 0. The molecule has 20 rings (SSSR count). The summed E-state index contributed by atoms with van der Waals surface area (Å²) in [6.45, 7) is 0. The van der Waals surface area contributed by atoms with Gasteiger partial charge in [0.05, 0.1) is 94.8 Å². The molecule has 20 aromatic rings. The van der Waals surface area contributed by atoms with Crippen molar-refractivity contribution in [1.82, 2.24) is 27.4 Å². The van der Waals surface area contributed by atoms with Crippen LogP contribution >= 0.6 is 0 Å². The number of nitriles is 1. The van der Waals surface area contributed by atoms with E-state index in [2.05, 4.69) is 300 Å². The van der Waals surface area contributed by atoms with Crippen molar-refractivity contribution in [2.75, 3.05) is 0 Å². The highest BCUT2D eigenvalue weighted by molar-refractivity contribution is 6.17. The Morgan fingerprint density at radius 2 is 0.436 bits per heavy atom. The lowest BCUT2D eigenvalue weighted by molar-refractivity contribution is 0.589. The second-order valence-corrected chi connectivity index (χ2v) is 24.6. The summed E-state index contributed by atoms with van der Waals surface area (Å²) in [5, 5.41) is 24.4. The molecule has 6 aromatic heterocycles. The van der Waals surface area contributed by atoms with Crippen molar-refractivity contribution in [1.29, 1.82) is 5.26 Å². The lowest BCUT2D eigenvalue weighted by Gasteiger charge is -2.22. The van der Waals surface area contributed by atoms with E-state index in [9.17, 15) is 5.26 Å². The van der Waals surface area contributed by atoms with Crippen molar-refractivity contribution in [2.45, 2.75) is 0 Å². The second-order valence-electron chi connectivity index (χ2n) is 24.6. The number of hydrogen-bond acceptors (Lipinski definition) is 1. The molecule has 0 fully saturated rings. The first-order chi connectivity index (χ1) is 46.5. The summed E-state index contributed by atoms with van der Waals surface area (Å²) >= 11 is 0.